The highest BCUT2D eigenvalue weighted by Gasteiger charge is 2.38. The Morgan fingerprint density at radius 3 is 2.13 bits per heavy atom. The molecule has 0 radical (unpaired) electrons. The Kier molecular flexibility index (Phi) is 11.3. The van der Waals surface area contributed by atoms with Crippen molar-refractivity contribution < 1.29 is 28.9 Å². The number of aliphatic hydroxyl groups excluding tert-OH is 1. The van der Waals surface area contributed by atoms with Crippen molar-refractivity contribution in [2.75, 3.05) is 18.2 Å². The molecule has 234 valence electrons. The number of rotatable bonds is 11. The van der Waals surface area contributed by atoms with Crippen molar-refractivity contribution in [2.24, 2.45) is 5.92 Å². The van der Waals surface area contributed by atoms with E-state index in [1.54, 1.807) is 23.9 Å². The molecule has 8 nitrogen and oxygen atoms in total. The van der Waals surface area contributed by atoms with E-state index in [0.29, 0.717) is 12.1 Å². The van der Waals surface area contributed by atoms with Gasteiger partial charge < -0.3 is 30.0 Å². The van der Waals surface area contributed by atoms with Crippen LogP contribution in [0.15, 0.2) is 114 Å². The van der Waals surface area contributed by atoms with E-state index >= 15 is 0 Å². The van der Waals surface area contributed by atoms with E-state index in [4.69, 9.17) is 14.2 Å². The Labute approximate surface area is 268 Å². The van der Waals surface area contributed by atoms with Crippen LogP contribution in [0.1, 0.15) is 41.6 Å². The van der Waals surface area contributed by atoms with Gasteiger partial charge in [-0.25, -0.2) is 9.59 Å². The van der Waals surface area contributed by atoms with Gasteiger partial charge in [0.2, 0.25) is 0 Å². The number of methoxy groups -OCH3 is 1. The minimum absolute atomic E-state index is 0.0157. The first-order valence-electron chi connectivity index (χ1n) is 14.9. The van der Waals surface area contributed by atoms with Gasteiger partial charge in [-0.15, -0.1) is 11.8 Å². The summed E-state index contributed by atoms with van der Waals surface area (Å²) in [5, 5.41) is 15.0. The molecule has 5 rings (SSSR count). The van der Waals surface area contributed by atoms with Gasteiger partial charge in [0, 0.05) is 34.2 Å². The Morgan fingerprint density at radius 1 is 0.844 bits per heavy atom. The van der Waals surface area contributed by atoms with Crippen LogP contribution in [0.5, 0.6) is 0 Å². The number of carbonyl (C=O) groups is 2. The number of thioether (sulfide) groups is 1. The summed E-state index contributed by atoms with van der Waals surface area (Å²) in [7, 11) is 1.30. The lowest BCUT2D eigenvalue weighted by Gasteiger charge is -2.41. The molecule has 9 heteroatoms. The highest BCUT2D eigenvalue weighted by Crippen LogP contribution is 2.43. The van der Waals surface area contributed by atoms with Crippen molar-refractivity contribution in [3.05, 3.63) is 131 Å². The standard InChI is InChI=1S/C36H38N2O6S/c1-24-32(23-45-30-11-7-4-8-12-30)43-35(44-33(24)27-15-13-26(22-39)14-16-27)28-17-19-29(20-18-28)37-36(41)38-31(34(40)42-2)21-25-9-5-3-6-10-25/h3-20,24,31-33,35,39H,21-23H2,1-2H3,(H2,37,38,41)/t24-,31-,32+,33+,35+/m0/s1. The Hall–Kier alpha value is -4.15. The Bertz CT molecular complexity index is 1520. The van der Waals surface area contributed by atoms with Gasteiger partial charge in [-0.3, -0.25) is 0 Å². The fraction of sp³-hybridized carbons (Fsp3) is 0.278. The zero-order valence-corrected chi connectivity index (χ0v) is 26.1. The largest absolute Gasteiger partial charge is 0.467 e. The summed E-state index contributed by atoms with van der Waals surface area (Å²) in [4.78, 5) is 26.4. The summed E-state index contributed by atoms with van der Waals surface area (Å²) in [5.74, 6) is 0.298. The van der Waals surface area contributed by atoms with E-state index in [9.17, 15) is 14.7 Å². The van der Waals surface area contributed by atoms with E-state index in [0.717, 1.165) is 28.0 Å². The van der Waals surface area contributed by atoms with Crippen LogP contribution in [0.2, 0.25) is 0 Å². The maximum Gasteiger partial charge on any atom is 0.328 e. The van der Waals surface area contributed by atoms with Gasteiger partial charge in [-0.1, -0.05) is 91.9 Å². The maximum atomic E-state index is 12.8. The van der Waals surface area contributed by atoms with Crippen molar-refractivity contribution in [3.63, 3.8) is 0 Å². The van der Waals surface area contributed by atoms with Crippen molar-refractivity contribution in [1.82, 2.24) is 5.32 Å². The fourth-order valence-electron chi connectivity index (χ4n) is 5.24. The number of hydrogen-bond acceptors (Lipinski definition) is 7. The minimum Gasteiger partial charge on any atom is -0.467 e. The van der Waals surface area contributed by atoms with Gasteiger partial charge in [0.15, 0.2) is 6.29 Å². The third kappa shape index (κ3) is 8.73. The van der Waals surface area contributed by atoms with Gasteiger partial charge in [0.25, 0.3) is 0 Å². The van der Waals surface area contributed by atoms with Crippen LogP contribution >= 0.6 is 11.8 Å². The van der Waals surface area contributed by atoms with Crippen LogP contribution in [0.3, 0.4) is 0 Å². The molecule has 1 aliphatic rings. The lowest BCUT2D eigenvalue weighted by atomic mass is 9.91. The Balaban J connectivity index is 1.27. The average Bonchev–Trinajstić information content (AvgIpc) is 3.08. The number of aliphatic hydroxyl groups is 1. The molecule has 2 amide bonds. The molecule has 4 aromatic rings. The van der Waals surface area contributed by atoms with Crippen molar-refractivity contribution >= 4 is 29.4 Å². The van der Waals surface area contributed by atoms with Gasteiger partial charge in [-0.2, -0.15) is 0 Å². The predicted octanol–water partition coefficient (Wildman–Crippen LogP) is 6.67. The number of nitrogens with one attached hydrogen (secondary N) is 2. The number of esters is 1. The summed E-state index contributed by atoms with van der Waals surface area (Å²) in [6, 6.07) is 33.5. The summed E-state index contributed by atoms with van der Waals surface area (Å²) in [6.45, 7) is 2.13. The maximum absolute atomic E-state index is 12.8. The molecule has 0 bridgehead atoms. The summed E-state index contributed by atoms with van der Waals surface area (Å²) < 4.78 is 18.0. The molecule has 0 saturated carbocycles. The molecule has 4 aromatic carbocycles. The predicted molar refractivity (Wildman–Crippen MR) is 175 cm³/mol. The summed E-state index contributed by atoms with van der Waals surface area (Å²) in [6.07, 6.45) is -0.633. The molecule has 0 aromatic heterocycles. The van der Waals surface area contributed by atoms with Gasteiger partial charge >= 0.3 is 12.0 Å². The zero-order chi connectivity index (χ0) is 31.6. The third-order valence-corrected chi connectivity index (χ3v) is 8.90. The second kappa shape index (κ2) is 15.7. The minimum atomic E-state index is -0.836. The molecule has 1 saturated heterocycles. The molecule has 5 atom stereocenters. The monoisotopic (exact) mass is 626 g/mol. The molecular weight excluding hydrogens is 588 g/mol. The lowest BCUT2D eigenvalue weighted by Crippen LogP contribution is -2.45. The Morgan fingerprint density at radius 2 is 1.49 bits per heavy atom. The number of urea groups is 1. The molecule has 1 fully saturated rings. The van der Waals surface area contributed by atoms with Crippen molar-refractivity contribution in [2.45, 2.75) is 49.4 Å². The first-order valence-corrected chi connectivity index (χ1v) is 15.9. The molecule has 0 spiro atoms. The number of hydrogen-bond donors (Lipinski definition) is 3. The topological polar surface area (TPSA) is 106 Å². The molecule has 45 heavy (non-hydrogen) atoms. The van der Waals surface area contributed by atoms with E-state index in [2.05, 4.69) is 29.7 Å². The van der Waals surface area contributed by atoms with Crippen LogP contribution in [-0.2, 0) is 32.0 Å². The van der Waals surface area contributed by atoms with Crippen LogP contribution in [-0.4, -0.2) is 42.1 Å². The van der Waals surface area contributed by atoms with Gasteiger partial charge in [-0.05, 0) is 41.0 Å². The van der Waals surface area contributed by atoms with E-state index < -0.39 is 24.3 Å². The molecule has 3 N–H and O–H groups in total. The van der Waals surface area contributed by atoms with Crippen molar-refractivity contribution in [1.29, 1.82) is 0 Å². The molecule has 1 aliphatic heterocycles. The summed E-state index contributed by atoms with van der Waals surface area (Å²) >= 11 is 1.75. The first-order chi connectivity index (χ1) is 21.9. The smallest absolute Gasteiger partial charge is 0.328 e. The number of anilines is 1. The van der Waals surface area contributed by atoms with Crippen molar-refractivity contribution in [3.8, 4) is 0 Å². The SMILES string of the molecule is COC(=O)[C@H](Cc1ccccc1)NC(=O)Nc1ccc([C@@H]2O[C@H](CSc3ccccc3)[C@H](C)[C@H](c3ccc(CO)cc3)O2)cc1. The highest BCUT2D eigenvalue weighted by molar-refractivity contribution is 7.99. The second-order valence-corrected chi connectivity index (χ2v) is 12.0. The quantitative estimate of drug-likeness (QED) is 0.126. The average molecular weight is 627 g/mol. The highest BCUT2D eigenvalue weighted by atomic mass is 32.2. The lowest BCUT2D eigenvalue weighted by molar-refractivity contribution is -0.268. The number of benzene rings is 4. The number of ether oxygens (including phenoxy) is 3. The molecular formula is C36H38N2O6S. The van der Waals surface area contributed by atoms with Gasteiger partial charge in [0.05, 0.1) is 25.9 Å². The number of amides is 2. The van der Waals surface area contributed by atoms with Crippen LogP contribution in [0, 0.1) is 5.92 Å². The number of carbonyl (C=O) groups excluding carboxylic acids is 2. The zero-order valence-electron chi connectivity index (χ0n) is 25.3. The fourth-order valence-corrected chi connectivity index (χ4v) is 6.33. The normalized spacial score (nSPS) is 20.2. The van der Waals surface area contributed by atoms with Crippen LogP contribution in [0.25, 0.3) is 0 Å². The van der Waals surface area contributed by atoms with Crippen LogP contribution < -0.4 is 10.6 Å². The van der Waals surface area contributed by atoms with Gasteiger partial charge in [0.1, 0.15) is 6.04 Å². The van der Waals surface area contributed by atoms with E-state index in [1.807, 2.05) is 84.9 Å². The first kappa shape index (κ1) is 32.2. The van der Waals surface area contributed by atoms with Crippen LogP contribution in [0.4, 0.5) is 10.5 Å². The van der Waals surface area contributed by atoms with E-state index in [1.165, 1.54) is 12.0 Å². The molecule has 0 unspecified atom stereocenters. The second-order valence-electron chi connectivity index (χ2n) is 10.9. The molecule has 0 aliphatic carbocycles. The van der Waals surface area contributed by atoms with E-state index in [-0.39, 0.29) is 24.7 Å². The molecule has 1 heterocycles. The third-order valence-electron chi connectivity index (χ3n) is 7.80. The summed E-state index contributed by atoms with van der Waals surface area (Å²) in [5.41, 5.74) is 4.14.